The Balaban J connectivity index is 1.77. The van der Waals surface area contributed by atoms with Gasteiger partial charge in [-0.1, -0.05) is 29.8 Å². The van der Waals surface area contributed by atoms with Gasteiger partial charge in [-0.25, -0.2) is 4.79 Å². The Bertz CT molecular complexity index is 824. The molecule has 0 saturated heterocycles. The van der Waals surface area contributed by atoms with Gasteiger partial charge >= 0.3 is 5.97 Å². The summed E-state index contributed by atoms with van der Waals surface area (Å²) in [5.74, 6) is 0.206. The normalized spacial score (nSPS) is 14.1. The zero-order valence-electron chi connectivity index (χ0n) is 16.0. The highest BCUT2D eigenvalue weighted by atomic mass is 35.5. The Morgan fingerprint density at radius 3 is 2.86 bits per heavy atom. The first-order valence-corrected chi connectivity index (χ1v) is 10.1. The van der Waals surface area contributed by atoms with E-state index in [0.29, 0.717) is 23.9 Å². The topological polar surface area (TPSA) is 67.8 Å². The van der Waals surface area contributed by atoms with Crippen LogP contribution in [0.1, 0.15) is 42.6 Å². The summed E-state index contributed by atoms with van der Waals surface area (Å²) in [6.07, 6.45) is 3.54. The molecule has 5 nitrogen and oxygen atoms in total. The molecule has 0 heterocycles. The first-order valence-electron chi connectivity index (χ1n) is 9.69. The fraction of sp³-hybridized carbons (Fsp3) is 0.409. The summed E-state index contributed by atoms with van der Waals surface area (Å²) in [4.78, 5) is 11.7. The fourth-order valence-corrected chi connectivity index (χ4v) is 3.69. The summed E-state index contributed by atoms with van der Waals surface area (Å²) in [5.41, 5.74) is 4.08. The second-order valence-electron chi connectivity index (χ2n) is 6.83. The molecule has 0 bridgehead atoms. The highest BCUT2D eigenvalue weighted by Gasteiger charge is 2.19. The molecule has 0 aliphatic heterocycles. The van der Waals surface area contributed by atoms with E-state index in [0.717, 1.165) is 30.5 Å². The molecule has 28 heavy (non-hydrogen) atoms. The standard InChI is InChI=1S/C22H26ClNO4/c1-2-27-21(26)14-28-20-11-10-15-6-3-4-9-18(15)22(20)24-13-19(25)16-7-5-8-17(23)12-16/h5,7-8,10-12,19,24-25H,2-4,6,9,13-14H2,1H3. The number of carbonyl (C=O) groups is 1. The van der Waals surface area contributed by atoms with Crippen LogP contribution >= 0.6 is 11.6 Å². The predicted molar refractivity (Wildman–Crippen MR) is 110 cm³/mol. The summed E-state index contributed by atoms with van der Waals surface area (Å²) >= 11 is 6.03. The second kappa shape index (κ2) is 9.80. The Labute approximate surface area is 170 Å². The molecular weight excluding hydrogens is 378 g/mol. The minimum Gasteiger partial charge on any atom is -0.480 e. The summed E-state index contributed by atoms with van der Waals surface area (Å²) in [6.45, 7) is 2.26. The number of esters is 1. The molecule has 1 atom stereocenters. The van der Waals surface area contributed by atoms with E-state index in [9.17, 15) is 9.90 Å². The lowest BCUT2D eigenvalue weighted by molar-refractivity contribution is -0.145. The average Bonchev–Trinajstić information content (AvgIpc) is 2.70. The molecule has 1 aliphatic carbocycles. The van der Waals surface area contributed by atoms with Crippen molar-refractivity contribution in [3.63, 3.8) is 0 Å². The third kappa shape index (κ3) is 5.18. The third-order valence-corrected chi connectivity index (χ3v) is 5.09. The molecule has 150 valence electrons. The number of hydrogen-bond donors (Lipinski definition) is 2. The summed E-state index contributed by atoms with van der Waals surface area (Å²) < 4.78 is 10.7. The molecule has 2 aromatic carbocycles. The molecule has 2 N–H and O–H groups in total. The van der Waals surface area contributed by atoms with Crippen molar-refractivity contribution < 1.29 is 19.4 Å². The quantitative estimate of drug-likeness (QED) is 0.643. The maximum absolute atomic E-state index is 11.7. The first-order chi connectivity index (χ1) is 13.6. The maximum atomic E-state index is 11.7. The van der Waals surface area contributed by atoms with Crippen molar-refractivity contribution in [2.75, 3.05) is 25.1 Å². The van der Waals surface area contributed by atoms with Gasteiger partial charge in [0.2, 0.25) is 0 Å². The second-order valence-corrected chi connectivity index (χ2v) is 7.27. The SMILES string of the molecule is CCOC(=O)COc1ccc2c(c1NCC(O)c1cccc(Cl)c1)CCCC2. The molecular formula is C22H26ClNO4. The van der Waals surface area contributed by atoms with Crippen molar-refractivity contribution >= 4 is 23.3 Å². The van der Waals surface area contributed by atoms with Gasteiger partial charge in [0.05, 0.1) is 18.4 Å². The third-order valence-electron chi connectivity index (χ3n) is 4.85. The van der Waals surface area contributed by atoms with Crippen molar-refractivity contribution in [3.05, 3.63) is 58.1 Å². The van der Waals surface area contributed by atoms with E-state index < -0.39 is 12.1 Å². The van der Waals surface area contributed by atoms with Gasteiger partial charge in [0, 0.05) is 11.6 Å². The number of fused-ring (bicyclic) bond motifs is 1. The van der Waals surface area contributed by atoms with Gasteiger partial charge in [0.15, 0.2) is 6.61 Å². The first kappa shape index (κ1) is 20.5. The lowest BCUT2D eigenvalue weighted by Gasteiger charge is -2.24. The van der Waals surface area contributed by atoms with E-state index >= 15 is 0 Å². The Kier molecular flexibility index (Phi) is 7.18. The zero-order valence-corrected chi connectivity index (χ0v) is 16.8. The number of benzene rings is 2. The predicted octanol–water partition coefficient (Wildman–Crippen LogP) is 4.31. The van der Waals surface area contributed by atoms with Crippen LogP contribution in [0.3, 0.4) is 0 Å². The van der Waals surface area contributed by atoms with E-state index in [-0.39, 0.29) is 6.61 Å². The number of aryl methyl sites for hydroxylation is 1. The molecule has 0 fully saturated rings. The number of nitrogens with one attached hydrogen (secondary N) is 1. The van der Waals surface area contributed by atoms with Crippen molar-refractivity contribution in [2.45, 2.75) is 38.7 Å². The zero-order chi connectivity index (χ0) is 19.9. The number of aliphatic hydroxyl groups excluding tert-OH is 1. The molecule has 1 aliphatic rings. The minimum absolute atomic E-state index is 0.141. The largest absolute Gasteiger partial charge is 0.480 e. The van der Waals surface area contributed by atoms with Crippen LogP contribution in [-0.2, 0) is 22.4 Å². The Morgan fingerprint density at radius 1 is 1.25 bits per heavy atom. The monoisotopic (exact) mass is 403 g/mol. The van der Waals surface area contributed by atoms with Crippen molar-refractivity contribution in [2.24, 2.45) is 0 Å². The highest BCUT2D eigenvalue weighted by Crippen LogP contribution is 2.36. The number of rotatable bonds is 8. The average molecular weight is 404 g/mol. The minimum atomic E-state index is -0.712. The summed E-state index contributed by atoms with van der Waals surface area (Å²) in [5, 5.41) is 14.5. The lowest BCUT2D eigenvalue weighted by Crippen LogP contribution is -2.18. The van der Waals surface area contributed by atoms with Crippen LogP contribution in [0, 0.1) is 0 Å². The Morgan fingerprint density at radius 2 is 2.07 bits per heavy atom. The number of carbonyl (C=O) groups excluding carboxylic acids is 1. The number of anilines is 1. The smallest absolute Gasteiger partial charge is 0.344 e. The van der Waals surface area contributed by atoms with Crippen LogP contribution in [0.2, 0.25) is 5.02 Å². The molecule has 0 spiro atoms. The van der Waals surface area contributed by atoms with Gasteiger partial charge < -0.3 is 19.9 Å². The van der Waals surface area contributed by atoms with Gasteiger partial charge in [-0.15, -0.1) is 0 Å². The van der Waals surface area contributed by atoms with Gasteiger partial charge in [-0.05, 0) is 67.5 Å². The maximum Gasteiger partial charge on any atom is 0.344 e. The van der Waals surface area contributed by atoms with Crippen LogP contribution in [0.25, 0.3) is 0 Å². The van der Waals surface area contributed by atoms with Crippen LogP contribution < -0.4 is 10.1 Å². The number of aliphatic hydroxyl groups is 1. The molecule has 0 saturated carbocycles. The molecule has 2 aromatic rings. The molecule has 0 radical (unpaired) electrons. The highest BCUT2D eigenvalue weighted by molar-refractivity contribution is 6.30. The van der Waals surface area contributed by atoms with Crippen molar-refractivity contribution in [1.29, 1.82) is 0 Å². The van der Waals surface area contributed by atoms with Crippen molar-refractivity contribution in [3.8, 4) is 5.75 Å². The van der Waals surface area contributed by atoms with E-state index in [1.807, 2.05) is 18.2 Å². The number of hydrogen-bond acceptors (Lipinski definition) is 5. The molecule has 0 aromatic heterocycles. The van der Waals surface area contributed by atoms with E-state index in [1.54, 1.807) is 19.1 Å². The fourth-order valence-electron chi connectivity index (χ4n) is 3.49. The van der Waals surface area contributed by atoms with Crippen LogP contribution in [0.4, 0.5) is 5.69 Å². The van der Waals surface area contributed by atoms with Crippen molar-refractivity contribution in [1.82, 2.24) is 0 Å². The van der Waals surface area contributed by atoms with E-state index in [4.69, 9.17) is 21.1 Å². The molecule has 3 rings (SSSR count). The number of ether oxygens (including phenoxy) is 2. The van der Waals surface area contributed by atoms with Gasteiger partial charge in [-0.3, -0.25) is 0 Å². The summed E-state index contributed by atoms with van der Waals surface area (Å²) in [6, 6.07) is 11.1. The van der Waals surface area contributed by atoms with E-state index in [1.165, 1.54) is 17.5 Å². The Hall–Kier alpha value is -2.24. The van der Waals surface area contributed by atoms with Crippen LogP contribution in [-0.4, -0.2) is 30.8 Å². The van der Waals surface area contributed by atoms with Gasteiger partial charge in [0.25, 0.3) is 0 Å². The molecule has 1 unspecified atom stereocenters. The summed E-state index contributed by atoms with van der Waals surface area (Å²) in [7, 11) is 0. The van der Waals surface area contributed by atoms with Crippen LogP contribution in [0.5, 0.6) is 5.75 Å². The van der Waals surface area contributed by atoms with Gasteiger partial charge in [-0.2, -0.15) is 0 Å². The lowest BCUT2D eigenvalue weighted by atomic mass is 9.90. The molecule has 0 amide bonds. The van der Waals surface area contributed by atoms with E-state index in [2.05, 4.69) is 11.4 Å². The van der Waals surface area contributed by atoms with Crippen LogP contribution in [0.15, 0.2) is 36.4 Å². The molecule has 6 heteroatoms. The van der Waals surface area contributed by atoms with Gasteiger partial charge in [0.1, 0.15) is 5.75 Å². The number of halogens is 1.